The summed E-state index contributed by atoms with van der Waals surface area (Å²) in [5.41, 5.74) is 1.67. The Balaban J connectivity index is 2.72. The summed E-state index contributed by atoms with van der Waals surface area (Å²) in [7, 11) is 0. The van der Waals surface area contributed by atoms with Gasteiger partial charge in [-0.05, 0) is 38.2 Å². The lowest BCUT2D eigenvalue weighted by molar-refractivity contribution is 0.0953. The molecule has 0 bridgehead atoms. The number of rotatable bonds is 9. The molecule has 0 fully saturated rings. The molecule has 1 unspecified atom stereocenters. The monoisotopic (exact) mass is 309 g/mol. The zero-order chi connectivity index (χ0) is 15.7. The molecule has 1 aromatic heterocycles. The van der Waals surface area contributed by atoms with E-state index in [1.54, 1.807) is 0 Å². The zero-order valence-electron chi connectivity index (χ0n) is 13.5. The van der Waals surface area contributed by atoms with Crippen molar-refractivity contribution in [3.05, 3.63) is 23.4 Å². The van der Waals surface area contributed by atoms with Crippen molar-refractivity contribution < 1.29 is 4.79 Å². The van der Waals surface area contributed by atoms with Crippen LogP contribution in [-0.4, -0.2) is 35.5 Å². The van der Waals surface area contributed by atoms with Gasteiger partial charge in [0.1, 0.15) is 5.82 Å². The average Bonchev–Trinajstić information content (AvgIpc) is 2.47. The van der Waals surface area contributed by atoms with Crippen LogP contribution in [0.1, 0.15) is 49.7 Å². The summed E-state index contributed by atoms with van der Waals surface area (Å²) in [5.74, 6) is 0.772. The second kappa shape index (κ2) is 9.66. The van der Waals surface area contributed by atoms with Crippen LogP contribution < -0.4 is 10.6 Å². The normalized spacial score (nSPS) is 12.0. The summed E-state index contributed by atoms with van der Waals surface area (Å²) >= 11 is 1.82. The second-order valence-corrected chi connectivity index (χ2v) is 6.38. The SMILES string of the molecule is CCCc1cc(C(=O)NCCC(C)SC)cc(NCC)n1. The van der Waals surface area contributed by atoms with Crippen LogP contribution >= 0.6 is 11.8 Å². The van der Waals surface area contributed by atoms with E-state index >= 15 is 0 Å². The van der Waals surface area contributed by atoms with E-state index in [1.807, 2.05) is 30.8 Å². The molecule has 0 aromatic carbocycles. The van der Waals surface area contributed by atoms with E-state index < -0.39 is 0 Å². The molecule has 0 aliphatic heterocycles. The molecule has 1 aromatic rings. The molecule has 0 saturated carbocycles. The van der Waals surface area contributed by atoms with Crippen molar-refractivity contribution in [2.45, 2.75) is 45.3 Å². The minimum absolute atomic E-state index is 0.0118. The number of carbonyl (C=O) groups is 1. The predicted octanol–water partition coefficient (Wildman–Crippen LogP) is 3.34. The summed E-state index contributed by atoms with van der Waals surface area (Å²) in [5, 5.41) is 6.75. The molecule has 0 aliphatic carbocycles. The molecule has 1 heterocycles. The highest BCUT2D eigenvalue weighted by molar-refractivity contribution is 7.99. The number of aryl methyl sites for hydroxylation is 1. The molecule has 0 radical (unpaired) electrons. The first kappa shape index (κ1) is 17.8. The second-order valence-electron chi connectivity index (χ2n) is 5.10. The molecule has 0 aliphatic rings. The predicted molar refractivity (Wildman–Crippen MR) is 92.3 cm³/mol. The summed E-state index contributed by atoms with van der Waals surface area (Å²) in [6, 6.07) is 3.73. The molecule has 4 nitrogen and oxygen atoms in total. The molecule has 2 N–H and O–H groups in total. The Hall–Kier alpha value is -1.23. The summed E-state index contributed by atoms with van der Waals surface area (Å²) in [6.07, 6.45) is 4.99. The van der Waals surface area contributed by atoms with Gasteiger partial charge in [-0.25, -0.2) is 4.98 Å². The first-order valence-corrected chi connectivity index (χ1v) is 8.95. The largest absolute Gasteiger partial charge is 0.370 e. The smallest absolute Gasteiger partial charge is 0.251 e. The van der Waals surface area contributed by atoms with Gasteiger partial charge in [0.15, 0.2) is 0 Å². The summed E-state index contributed by atoms with van der Waals surface area (Å²) < 4.78 is 0. The molecule has 21 heavy (non-hydrogen) atoms. The molecule has 1 rings (SSSR count). The fourth-order valence-corrected chi connectivity index (χ4v) is 2.34. The van der Waals surface area contributed by atoms with Crippen LogP contribution in [0.5, 0.6) is 0 Å². The Morgan fingerprint density at radius 3 is 2.76 bits per heavy atom. The number of nitrogens with zero attached hydrogens (tertiary/aromatic N) is 1. The zero-order valence-corrected chi connectivity index (χ0v) is 14.3. The minimum Gasteiger partial charge on any atom is -0.370 e. The number of pyridine rings is 1. The quantitative estimate of drug-likeness (QED) is 0.734. The van der Waals surface area contributed by atoms with Gasteiger partial charge >= 0.3 is 0 Å². The number of thioether (sulfide) groups is 1. The van der Waals surface area contributed by atoms with Gasteiger partial charge in [-0.1, -0.05) is 20.3 Å². The van der Waals surface area contributed by atoms with E-state index in [-0.39, 0.29) is 5.91 Å². The topological polar surface area (TPSA) is 54.0 Å². The fraction of sp³-hybridized carbons (Fsp3) is 0.625. The van der Waals surface area contributed by atoms with Gasteiger partial charge in [-0.3, -0.25) is 4.79 Å². The molecule has 1 atom stereocenters. The number of aromatic nitrogens is 1. The lowest BCUT2D eigenvalue weighted by Crippen LogP contribution is -2.26. The van der Waals surface area contributed by atoms with Crippen LogP contribution in [0.3, 0.4) is 0 Å². The van der Waals surface area contributed by atoms with E-state index in [1.165, 1.54) is 0 Å². The third-order valence-electron chi connectivity index (χ3n) is 3.24. The van der Waals surface area contributed by atoms with Gasteiger partial charge < -0.3 is 10.6 Å². The number of anilines is 1. The van der Waals surface area contributed by atoms with Gasteiger partial charge in [0.25, 0.3) is 5.91 Å². The third kappa shape index (κ3) is 6.38. The van der Waals surface area contributed by atoms with Crippen molar-refractivity contribution in [3.8, 4) is 0 Å². The molecule has 0 saturated heterocycles. The van der Waals surface area contributed by atoms with E-state index in [9.17, 15) is 4.79 Å². The van der Waals surface area contributed by atoms with Crippen LogP contribution in [0.25, 0.3) is 0 Å². The maximum atomic E-state index is 12.3. The molecule has 5 heteroatoms. The number of nitrogens with one attached hydrogen (secondary N) is 2. The van der Waals surface area contributed by atoms with E-state index in [4.69, 9.17) is 0 Å². The first-order valence-electron chi connectivity index (χ1n) is 7.66. The van der Waals surface area contributed by atoms with Crippen LogP contribution in [0.15, 0.2) is 12.1 Å². The highest BCUT2D eigenvalue weighted by Gasteiger charge is 2.10. The Labute approximate surface area is 132 Å². The van der Waals surface area contributed by atoms with Crippen molar-refractivity contribution in [2.75, 3.05) is 24.7 Å². The molecular weight excluding hydrogens is 282 g/mol. The van der Waals surface area contributed by atoms with E-state index in [2.05, 4.69) is 35.7 Å². The standard InChI is InChI=1S/C16H27N3OS/c1-5-7-14-10-13(11-15(19-14)17-6-2)16(20)18-9-8-12(3)21-4/h10-12H,5-9H2,1-4H3,(H,17,19)(H,18,20). The Morgan fingerprint density at radius 2 is 2.14 bits per heavy atom. The number of amides is 1. The third-order valence-corrected chi connectivity index (χ3v) is 4.28. The Bertz CT molecular complexity index is 427. The van der Waals surface area contributed by atoms with Crippen molar-refractivity contribution >= 4 is 23.5 Å². The number of hydrogen-bond donors (Lipinski definition) is 2. The van der Waals surface area contributed by atoms with Crippen molar-refractivity contribution in [1.29, 1.82) is 0 Å². The van der Waals surface area contributed by atoms with Gasteiger partial charge in [0.05, 0.1) is 0 Å². The molecule has 0 spiro atoms. The van der Waals surface area contributed by atoms with Gasteiger partial charge in [0, 0.05) is 29.6 Å². The average molecular weight is 309 g/mol. The minimum atomic E-state index is -0.0118. The highest BCUT2D eigenvalue weighted by Crippen LogP contribution is 2.13. The Kier molecular flexibility index (Phi) is 8.20. The lowest BCUT2D eigenvalue weighted by Gasteiger charge is -2.11. The fourth-order valence-electron chi connectivity index (χ4n) is 1.98. The van der Waals surface area contributed by atoms with Crippen LogP contribution in [0.4, 0.5) is 5.82 Å². The molecular formula is C16H27N3OS. The van der Waals surface area contributed by atoms with Crippen LogP contribution in [0.2, 0.25) is 0 Å². The van der Waals surface area contributed by atoms with Crippen LogP contribution in [-0.2, 0) is 6.42 Å². The lowest BCUT2D eigenvalue weighted by atomic mass is 10.1. The van der Waals surface area contributed by atoms with Crippen molar-refractivity contribution in [3.63, 3.8) is 0 Å². The van der Waals surface area contributed by atoms with Crippen LogP contribution in [0, 0.1) is 0 Å². The maximum absolute atomic E-state index is 12.3. The van der Waals surface area contributed by atoms with Gasteiger partial charge in [-0.2, -0.15) is 11.8 Å². The summed E-state index contributed by atoms with van der Waals surface area (Å²) in [4.78, 5) is 16.8. The first-order chi connectivity index (χ1) is 10.1. The van der Waals surface area contributed by atoms with E-state index in [0.29, 0.717) is 17.4 Å². The number of carbonyl (C=O) groups excluding carboxylic acids is 1. The van der Waals surface area contributed by atoms with Gasteiger partial charge in [0.2, 0.25) is 0 Å². The maximum Gasteiger partial charge on any atom is 0.251 e. The molecule has 118 valence electrons. The van der Waals surface area contributed by atoms with Gasteiger partial charge in [-0.15, -0.1) is 0 Å². The number of hydrogen-bond acceptors (Lipinski definition) is 4. The Morgan fingerprint density at radius 1 is 1.38 bits per heavy atom. The van der Waals surface area contributed by atoms with E-state index in [0.717, 1.165) is 37.3 Å². The summed E-state index contributed by atoms with van der Waals surface area (Å²) in [6.45, 7) is 7.83. The highest BCUT2D eigenvalue weighted by atomic mass is 32.2. The van der Waals surface area contributed by atoms with Crippen molar-refractivity contribution in [2.24, 2.45) is 0 Å². The molecule has 1 amide bonds. The van der Waals surface area contributed by atoms with Crippen molar-refractivity contribution in [1.82, 2.24) is 10.3 Å².